The Kier molecular flexibility index (Phi) is 4.50. The molecule has 4 N–H and O–H groups in total. The maximum atomic E-state index is 12.8. The Morgan fingerprint density at radius 2 is 2.04 bits per heavy atom. The van der Waals surface area contributed by atoms with Gasteiger partial charge in [-0.2, -0.15) is 0 Å². The molecule has 0 aromatic heterocycles. The molecule has 1 aliphatic carbocycles. The Balaban J connectivity index is 1.40. The van der Waals surface area contributed by atoms with E-state index in [0.29, 0.717) is 31.0 Å². The monoisotopic (exact) mass is 356 g/mol. The zero-order valence-corrected chi connectivity index (χ0v) is 14.7. The van der Waals surface area contributed by atoms with E-state index in [4.69, 9.17) is 5.73 Å². The Hall–Kier alpha value is -2.25. The molecule has 2 heterocycles. The van der Waals surface area contributed by atoms with Crippen LogP contribution in [0, 0.1) is 5.92 Å². The number of nitrogens with one attached hydrogen (secondary N) is 2. The van der Waals surface area contributed by atoms with Crippen LogP contribution >= 0.6 is 0 Å². The smallest absolute Gasteiger partial charge is 0.255 e. The highest BCUT2D eigenvalue weighted by molar-refractivity contribution is 6.05. The molecule has 4 rings (SSSR count). The number of nitrogens with zero attached hydrogens (tertiary/aromatic N) is 1. The molecule has 7 heteroatoms. The van der Waals surface area contributed by atoms with E-state index in [2.05, 4.69) is 10.6 Å². The van der Waals surface area contributed by atoms with Gasteiger partial charge in [0.2, 0.25) is 11.8 Å². The van der Waals surface area contributed by atoms with Crippen LogP contribution in [0.5, 0.6) is 0 Å². The normalized spacial score (nSPS) is 23.8. The molecule has 1 saturated heterocycles. The fraction of sp³-hybridized carbons (Fsp3) is 0.526. The molecule has 3 aliphatic rings. The lowest BCUT2D eigenvalue weighted by Crippen LogP contribution is -2.52. The summed E-state index contributed by atoms with van der Waals surface area (Å²) in [6, 6.07) is 5.51. The fourth-order valence-electron chi connectivity index (χ4n) is 3.79. The van der Waals surface area contributed by atoms with Gasteiger partial charge in [-0.3, -0.25) is 19.7 Å². The Labute approximate surface area is 152 Å². The van der Waals surface area contributed by atoms with Crippen molar-refractivity contribution in [1.29, 1.82) is 0 Å². The van der Waals surface area contributed by atoms with Crippen molar-refractivity contribution < 1.29 is 14.4 Å². The van der Waals surface area contributed by atoms with Crippen molar-refractivity contribution in [2.75, 3.05) is 6.54 Å². The SMILES string of the molecule is N[C@H](CNCc1ccc2c(c1)C(=O)N(C1CCC(=O)NC1=O)C2)C1CC1. The number of benzene rings is 1. The molecule has 1 aromatic rings. The van der Waals surface area contributed by atoms with Gasteiger partial charge in [-0.25, -0.2) is 0 Å². The summed E-state index contributed by atoms with van der Waals surface area (Å²) >= 11 is 0. The lowest BCUT2D eigenvalue weighted by atomic mass is 10.0. The summed E-state index contributed by atoms with van der Waals surface area (Å²) in [6.45, 7) is 1.86. The van der Waals surface area contributed by atoms with Crippen LogP contribution in [0.4, 0.5) is 0 Å². The van der Waals surface area contributed by atoms with Crippen molar-refractivity contribution in [2.24, 2.45) is 11.7 Å². The highest BCUT2D eigenvalue weighted by Gasteiger charge is 2.39. The lowest BCUT2D eigenvalue weighted by molar-refractivity contribution is -0.136. The summed E-state index contributed by atoms with van der Waals surface area (Å²) in [5.41, 5.74) is 8.71. The third-order valence-corrected chi connectivity index (χ3v) is 5.53. The minimum atomic E-state index is -0.564. The van der Waals surface area contributed by atoms with Crippen molar-refractivity contribution in [3.05, 3.63) is 34.9 Å². The molecule has 1 saturated carbocycles. The van der Waals surface area contributed by atoms with Crippen LogP contribution in [-0.2, 0) is 22.7 Å². The molecular formula is C19H24N4O3. The number of imide groups is 1. The standard InChI is InChI=1S/C19H24N4O3/c20-15(12-3-4-12)9-21-8-11-1-2-13-10-23(19(26)14(13)7-11)16-5-6-17(24)22-18(16)25/h1-2,7,12,15-16,21H,3-6,8-10,20H2,(H,22,24,25)/t15-,16?/m1/s1. The minimum Gasteiger partial charge on any atom is -0.326 e. The zero-order valence-electron chi connectivity index (χ0n) is 14.7. The van der Waals surface area contributed by atoms with Crippen LogP contribution in [0.3, 0.4) is 0 Å². The molecule has 1 unspecified atom stereocenters. The highest BCUT2D eigenvalue weighted by atomic mass is 16.2. The zero-order chi connectivity index (χ0) is 18.3. The van der Waals surface area contributed by atoms with Crippen LogP contribution in [0.15, 0.2) is 18.2 Å². The quantitative estimate of drug-likeness (QED) is 0.635. The summed E-state index contributed by atoms with van der Waals surface area (Å²) in [5.74, 6) is -0.122. The van der Waals surface area contributed by atoms with Gasteiger partial charge in [0.25, 0.3) is 5.91 Å². The van der Waals surface area contributed by atoms with Crippen LogP contribution in [0.25, 0.3) is 0 Å². The summed E-state index contributed by atoms with van der Waals surface area (Å²) in [7, 11) is 0. The molecule has 2 fully saturated rings. The van der Waals surface area contributed by atoms with Crippen molar-refractivity contribution in [1.82, 2.24) is 15.5 Å². The number of rotatable bonds is 6. The predicted octanol–water partition coefficient (Wildman–Crippen LogP) is 0.275. The number of hydrogen-bond acceptors (Lipinski definition) is 5. The summed E-state index contributed by atoms with van der Waals surface area (Å²) in [6.07, 6.45) is 3.11. The highest BCUT2D eigenvalue weighted by Crippen LogP contribution is 2.31. The summed E-state index contributed by atoms with van der Waals surface area (Å²) in [5, 5.41) is 5.69. The second-order valence-corrected chi connectivity index (χ2v) is 7.52. The summed E-state index contributed by atoms with van der Waals surface area (Å²) < 4.78 is 0. The maximum absolute atomic E-state index is 12.8. The number of hydrogen-bond donors (Lipinski definition) is 3. The third kappa shape index (κ3) is 3.37. The van der Waals surface area contributed by atoms with Gasteiger partial charge in [-0.15, -0.1) is 0 Å². The van der Waals surface area contributed by atoms with Crippen molar-refractivity contribution in [2.45, 2.75) is 50.9 Å². The minimum absolute atomic E-state index is 0.133. The summed E-state index contributed by atoms with van der Waals surface area (Å²) in [4.78, 5) is 37.7. The molecule has 1 aromatic carbocycles. The molecule has 2 atom stereocenters. The van der Waals surface area contributed by atoms with Gasteiger partial charge < -0.3 is 16.0 Å². The van der Waals surface area contributed by atoms with Crippen molar-refractivity contribution in [3.63, 3.8) is 0 Å². The average Bonchev–Trinajstić information content (AvgIpc) is 3.41. The molecule has 2 aliphatic heterocycles. The number of carbonyl (C=O) groups excluding carboxylic acids is 3. The number of fused-ring (bicyclic) bond motifs is 1. The van der Waals surface area contributed by atoms with E-state index in [1.54, 1.807) is 4.90 Å². The first kappa shape index (κ1) is 17.2. The van der Waals surface area contributed by atoms with Gasteiger partial charge >= 0.3 is 0 Å². The van der Waals surface area contributed by atoms with Gasteiger partial charge in [0.15, 0.2) is 0 Å². The van der Waals surface area contributed by atoms with E-state index >= 15 is 0 Å². The van der Waals surface area contributed by atoms with Gasteiger partial charge in [0, 0.05) is 37.7 Å². The van der Waals surface area contributed by atoms with E-state index in [1.165, 1.54) is 12.8 Å². The first-order valence-corrected chi connectivity index (χ1v) is 9.25. The largest absolute Gasteiger partial charge is 0.326 e. The molecule has 138 valence electrons. The van der Waals surface area contributed by atoms with E-state index < -0.39 is 6.04 Å². The average molecular weight is 356 g/mol. The van der Waals surface area contributed by atoms with E-state index in [0.717, 1.165) is 17.7 Å². The third-order valence-electron chi connectivity index (χ3n) is 5.53. The lowest BCUT2D eigenvalue weighted by Gasteiger charge is -2.29. The van der Waals surface area contributed by atoms with Gasteiger partial charge in [0.05, 0.1) is 0 Å². The van der Waals surface area contributed by atoms with Gasteiger partial charge in [-0.05, 0) is 42.4 Å². The van der Waals surface area contributed by atoms with Gasteiger partial charge in [0.1, 0.15) is 6.04 Å². The Morgan fingerprint density at radius 1 is 1.23 bits per heavy atom. The van der Waals surface area contributed by atoms with E-state index in [-0.39, 0.29) is 30.2 Å². The van der Waals surface area contributed by atoms with Gasteiger partial charge in [-0.1, -0.05) is 12.1 Å². The van der Waals surface area contributed by atoms with Crippen LogP contribution in [0.1, 0.15) is 47.2 Å². The van der Waals surface area contributed by atoms with Crippen LogP contribution < -0.4 is 16.4 Å². The van der Waals surface area contributed by atoms with E-state index in [9.17, 15) is 14.4 Å². The number of nitrogens with two attached hydrogens (primary N) is 1. The first-order chi connectivity index (χ1) is 12.5. The predicted molar refractivity (Wildman–Crippen MR) is 94.9 cm³/mol. The molecule has 0 radical (unpaired) electrons. The first-order valence-electron chi connectivity index (χ1n) is 9.25. The second kappa shape index (κ2) is 6.81. The Bertz CT molecular complexity index is 759. The Morgan fingerprint density at radius 3 is 2.77 bits per heavy atom. The van der Waals surface area contributed by atoms with E-state index in [1.807, 2.05) is 18.2 Å². The molecule has 3 amide bonds. The second-order valence-electron chi connectivity index (χ2n) is 7.52. The maximum Gasteiger partial charge on any atom is 0.255 e. The van der Waals surface area contributed by atoms with Crippen LogP contribution in [-0.4, -0.2) is 41.2 Å². The topological polar surface area (TPSA) is 105 Å². The molecule has 0 bridgehead atoms. The molecular weight excluding hydrogens is 332 g/mol. The number of amides is 3. The molecule has 7 nitrogen and oxygen atoms in total. The van der Waals surface area contributed by atoms with Crippen molar-refractivity contribution in [3.8, 4) is 0 Å². The fourth-order valence-corrected chi connectivity index (χ4v) is 3.79. The molecule has 26 heavy (non-hydrogen) atoms. The molecule has 0 spiro atoms. The van der Waals surface area contributed by atoms with Crippen molar-refractivity contribution >= 4 is 17.7 Å². The van der Waals surface area contributed by atoms with Crippen LogP contribution in [0.2, 0.25) is 0 Å². The number of carbonyl (C=O) groups is 3. The number of piperidine rings is 1.